The summed E-state index contributed by atoms with van der Waals surface area (Å²) in [6.45, 7) is 2.16. The van der Waals surface area contributed by atoms with Gasteiger partial charge in [-0.2, -0.15) is 0 Å². The van der Waals surface area contributed by atoms with E-state index >= 15 is 0 Å². The fraction of sp³-hybridized carbons (Fsp3) is 0.600. The van der Waals surface area contributed by atoms with Crippen LogP contribution >= 0.6 is 0 Å². The topological polar surface area (TPSA) is 35.5 Å². The molecule has 1 saturated heterocycles. The molecule has 0 spiro atoms. The molecule has 0 radical (unpaired) electrons. The lowest BCUT2D eigenvalue weighted by molar-refractivity contribution is 0.413. The van der Waals surface area contributed by atoms with Crippen molar-refractivity contribution in [1.82, 2.24) is 10.2 Å². The van der Waals surface area contributed by atoms with E-state index in [2.05, 4.69) is 30.4 Å². The molecule has 3 nitrogen and oxygen atoms in total. The number of nitrogens with one attached hydrogen (secondary N) is 1. The Morgan fingerprint density at radius 1 is 1.39 bits per heavy atom. The summed E-state index contributed by atoms with van der Waals surface area (Å²) in [7, 11) is 4.17. The highest BCUT2D eigenvalue weighted by Gasteiger charge is 2.16. The first-order chi connectivity index (χ1) is 8.65. The summed E-state index contributed by atoms with van der Waals surface area (Å²) in [5.41, 5.74) is 2.40. The van der Waals surface area contributed by atoms with Crippen molar-refractivity contribution in [2.45, 2.75) is 31.7 Å². The Bertz CT molecular complexity index is 384. The highest BCUT2D eigenvalue weighted by molar-refractivity contribution is 5.37. The third-order valence-corrected chi connectivity index (χ3v) is 3.62. The average molecular weight is 248 g/mol. The minimum Gasteiger partial charge on any atom is -0.508 e. The van der Waals surface area contributed by atoms with Crippen LogP contribution < -0.4 is 5.32 Å². The Balaban J connectivity index is 2.01. The van der Waals surface area contributed by atoms with Crippen molar-refractivity contribution in [1.29, 1.82) is 0 Å². The van der Waals surface area contributed by atoms with Crippen LogP contribution in [0.5, 0.6) is 5.75 Å². The van der Waals surface area contributed by atoms with Crippen LogP contribution in [0, 0.1) is 0 Å². The van der Waals surface area contributed by atoms with E-state index < -0.39 is 0 Å². The highest BCUT2D eigenvalue weighted by Crippen LogP contribution is 2.22. The van der Waals surface area contributed by atoms with Crippen molar-refractivity contribution >= 4 is 0 Å². The zero-order chi connectivity index (χ0) is 13.0. The van der Waals surface area contributed by atoms with Crippen LogP contribution in [0.4, 0.5) is 0 Å². The number of nitrogens with zero attached hydrogens (tertiary/aromatic N) is 1. The second-order valence-corrected chi connectivity index (χ2v) is 5.51. The number of phenols is 1. The quantitative estimate of drug-likeness (QED) is 0.834. The van der Waals surface area contributed by atoms with E-state index in [1.807, 2.05) is 12.1 Å². The van der Waals surface area contributed by atoms with E-state index in [0.717, 1.165) is 31.5 Å². The van der Waals surface area contributed by atoms with Crippen LogP contribution in [-0.2, 0) is 12.8 Å². The van der Waals surface area contributed by atoms with Crippen molar-refractivity contribution < 1.29 is 5.11 Å². The Morgan fingerprint density at radius 2 is 2.22 bits per heavy atom. The van der Waals surface area contributed by atoms with E-state index in [1.54, 1.807) is 0 Å². The molecule has 100 valence electrons. The number of likely N-dealkylation sites (N-methyl/N-ethyl adjacent to an activating group) is 1. The average Bonchev–Trinajstić information content (AvgIpc) is 2.83. The van der Waals surface area contributed by atoms with Crippen molar-refractivity contribution in [3.63, 3.8) is 0 Å². The van der Waals surface area contributed by atoms with Crippen LogP contribution in [0.25, 0.3) is 0 Å². The van der Waals surface area contributed by atoms with Gasteiger partial charge in [0.1, 0.15) is 5.75 Å². The van der Waals surface area contributed by atoms with Gasteiger partial charge in [0, 0.05) is 12.6 Å². The Labute approximate surface area is 110 Å². The maximum atomic E-state index is 9.93. The van der Waals surface area contributed by atoms with Crippen molar-refractivity contribution in [2.75, 3.05) is 27.2 Å². The molecule has 1 aromatic rings. The molecule has 3 heteroatoms. The zero-order valence-corrected chi connectivity index (χ0v) is 11.4. The molecule has 2 N–H and O–H groups in total. The minimum atomic E-state index is 0.442. The molecule has 1 fully saturated rings. The molecule has 0 aromatic heterocycles. The molecule has 1 aliphatic rings. The number of aromatic hydroxyl groups is 1. The van der Waals surface area contributed by atoms with Gasteiger partial charge in [-0.1, -0.05) is 12.1 Å². The minimum absolute atomic E-state index is 0.442. The summed E-state index contributed by atoms with van der Waals surface area (Å²) in [6.07, 6.45) is 4.47. The molecule has 18 heavy (non-hydrogen) atoms. The smallest absolute Gasteiger partial charge is 0.118 e. The molecular formula is C15H24N2O. The van der Waals surface area contributed by atoms with E-state index in [4.69, 9.17) is 0 Å². The van der Waals surface area contributed by atoms with E-state index in [9.17, 15) is 5.11 Å². The first-order valence-electron chi connectivity index (χ1n) is 6.84. The summed E-state index contributed by atoms with van der Waals surface area (Å²) in [5, 5.41) is 13.4. The standard InChI is InChI=1S/C15H24N2O/c1-17(2)9-7-12-5-6-15(18)13(10-12)11-14-4-3-8-16-14/h5-6,10,14,16,18H,3-4,7-9,11H2,1-2H3. The van der Waals surface area contributed by atoms with Gasteiger partial charge in [0.25, 0.3) is 0 Å². The van der Waals surface area contributed by atoms with Gasteiger partial charge >= 0.3 is 0 Å². The van der Waals surface area contributed by atoms with Crippen LogP contribution in [0.1, 0.15) is 24.0 Å². The lowest BCUT2D eigenvalue weighted by Crippen LogP contribution is -2.23. The second-order valence-electron chi connectivity index (χ2n) is 5.51. The number of hydrogen-bond donors (Lipinski definition) is 2. The van der Waals surface area contributed by atoms with Gasteiger partial charge in [-0.25, -0.2) is 0 Å². The predicted octanol–water partition coefficient (Wildman–Crippen LogP) is 1.79. The van der Waals surface area contributed by atoms with Gasteiger partial charge in [0.05, 0.1) is 0 Å². The van der Waals surface area contributed by atoms with Gasteiger partial charge in [-0.15, -0.1) is 0 Å². The van der Waals surface area contributed by atoms with E-state index in [-0.39, 0.29) is 0 Å². The van der Waals surface area contributed by atoms with Gasteiger partial charge < -0.3 is 15.3 Å². The summed E-state index contributed by atoms with van der Waals surface area (Å²) in [5.74, 6) is 0.442. The predicted molar refractivity (Wildman–Crippen MR) is 75.1 cm³/mol. The molecule has 2 rings (SSSR count). The number of phenolic OH excluding ortho intramolecular Hbond substituents is 1. The number of hydrogen-bond acceptors (Lipinski definition) is 3. The summed E-state index contributed by atoms with van der Waals surface area (Å²) >= 11 is 0. The van der Waals surface area contributed by atoms with Gasteiger partial charge in [0.2, 0.25) is 0 Å². The van der Waals surface area contributed by atoms with Crippen molar-refractivity contribution in [2.24, 2.45) is 0 Å². The van der Waals surface area contributed by atoms with Crippen LogP contribution in [0.15, 0.2) is 18.2 Å². The first kappa shape index (κ1) is 13.4. The lowest BCUT2D eigenvalue weighted by Gasteiger charge is -2.14. The molecule has 0 amide bonds. The maximum absolute atomic E-state index is 9.93. The summed E-state index contributed by atoms with van der Waals surface area (Å²) < 4.78 is 0. The third-order valence-electron chi connectivity index (χ3n) is 3.62. The fourth-order valence-corrected chi connectivity index (χ4v) is 2.51. The monoisotopic (exact) mass is 248 g/mol. The van der Waals surface area contributed by atoms with Gasteiger partial charge in [-0.3, -0.25) is 0 Å². The summed E-state index contributed by atoms with van der Waals surface area (Å²) in [4.78, 5) is 2.19. The largest absolute Gasteiger partial charge is 0.508 e. The molecule has 0 bridgehead atoms. The van der Waals surface area contributed by atoms with Gasteiger partial charge in [0.15, 0.2) is 0 Å². The van der Waals surface area contributed by atoms with E-state index in [0.29, 0.717) is 11.8 Å². The molecule has 1 atom stereocenters. The molecule has 1 unspecified atom stereocenters. The lowest BCUT2D eigenvalue weighted by atomic mass is 10.00. The van der Waals surface area contributed by atoms with E-state index in [1.165, 1.54) is 18.4 Å². The maximum Gasteiger partial charge on any atom is 0.118 e. The first-order valence-corrected chi connectivity index (χ1v) is 6.84. The Hall–Kier alpha value is -1.06. The number of benzene rings is 1. The number of rotatable bonds is 5. The molecule has 0 saturated carbocycles. The molecule has 1 heterocycles. The van der Waals surface area contributed by atoms with Gasteiger partial charge in [-0.05, 0) is 63.5 Å². The molecule has 1 aliphatic heterocycles. The highest BCUT2D eigenvalue weighted by atomic mass is 16.3. The second kappa shape index (κ2) is 6.21. The summed E-state index contributed by atoms with van der Waals surface area (Å²) in [6, 6.07) is 6.58. The molecular weight excluding hydrogens is 224 g/mol. The van der Waals surface area contributed by atoms with Crippen LogP contribution in [-0.4, -0.2) is 43.2 Å². The Morgan fingerprint density at radius 3 is 2.89 bits per heavy atom. The van der Waals surface area contributed by atoms with Crippen LogP contribution in [0.3, 0.4) is 0 Å². The molecule has 1 aromatic carbocycles. The normalized spacial score (nSPS) is 19.6. The SMILES string of the molecule is CN(C)CCc1ccc(O)c(CC2CCCN2)c1. The zero-order valence-electron chi connectivity index (χ0n) is 11.4. The Kier molecular flexibility index (Phi) is 4.61. The van der Waals surface area contributed by atoms with Crippen LogP contribution in [0.2, 0.25) is 0 Å². The third kappa shape index (κ3) is 3.72. The van der Waals surface area contributed by atoms with Crippen molar-refractivity contribution in [3.8, 4) is 5.75 Å². The van der Waals surface area contributed by atoms with Crippen molar-refractivity contribution in [3.05, 3.63) is 29.3 Å². The fourth-order valence-electron chi connectivity index (χ4n) is 2.51. The molecule has 0 aliphatic carbocycles.